The van der Waals surface area contributed by atoms with Crippen molar-refractivity contribution in [2.24, 2.45) is 0 Å². The Hall–Kier alpha value is -3.27. The van der Waals surface area contributed by atoms with E-state index in [1.807, 2.05) is 31.4 Å². The van der Waals surface area contributed by atoms with Crippen LogP contribution in [0.1, 0.15) is 47.9 Å². The molecule has 0 bridgehead atoms. The van der Waals surface area contributed by atoms with Crippen LogP contribution in [-0.4, -0.2) is 62.0 Å². The van der Waals surface area contributed by atoms with Gasteiger partial charge in [0, 0.05) is 31.0 Å². The number of carbonyl (C=O) groups excluding carboxylic acids is 1. The van der Waals surface area contributed by atoms with E-state index in [4.69, 9.17) is 4.74 Å². The molecule has 168 valence electrons. The Morgan fingerprint density at radius 1 is 1.19 bits per heavy atom. The Balaban J connectivity index is 1.36. The van der Waals surface area contributed by atoms with E-state index in [1.54, 1.807) is 12.4 Å². The van der Waals surface area contributed by atoms with Gasteiger partial charge in [0.2, 0.25) is 11.8 Å². The average Bonchev–Trinajstić information content (AvgIpc) is 3.13. The summed E-state index contributed by atoms with van der Waals surface area (Å²) in [4.78, 5) is 33.2. The van der Waals surface area contributed by atoms with Gasteiger partial charge in [-0.3, -0.25) is 4.79 Å². The van der Waals surface area contributed by atoms with Crippen LogP contribution in [-0.2, 0) is 0 Å². The number of amides is 1. The SMILES string of the molecule is CCOc1nc(N2CCC3(CCN3)CC2)ncc1C(=O)Nc1cn2cc(C)nc2c(C)n1. The van der Waals surface area contributed by atoms with Crippen LogP contribution >= 0.6 is 0 Å². The van der Waals surface area contributed by atoms with Gasteiger partial charge in [0.05, 0.1) is 24.2 Å². The number of hydrogen-bond donors (Lipinski definition) is 2. The Labute approximate surface area is 186 Å². The molecule has 2 fully saturated rings. The molecule has 2 aliphatic rings. The van der Waals surface area contributed by atoms with Crippen molar-refractivity contribution in [1.29, 1.82) is 0 Å². The van der Waals surface area contributed by atoms with Crippen molar-refractivity contribution in [3.63, 3.8) is 0 Å². The minimum absolute atomic E-state index is 0.283. The standard InChI is InChI=1S/C22H28N8O2/c1-4-32-20-16(11-23-21(28-20)29-9-6-22(7-10-29)5-8-24-22)19(31)27-17-13-30-12-14(2)25-18(30)15(3)26-17/h11-13,24H,4-10H2,1-3H3,(H,27,31). The molecule has 3 aromatic heterocycles. The molecule has 3 aromatic rings. The monoisotopic (exact) mass is 436 g/mol. The third-order valence-corrected chi connectivity index (χ3v) is 6.34. The molecule has 1 spiro atoms. The summed E-state index contributed by atoms with van der Waals surface area (Å²) in [5.74, 6) is 0.953. The number of fused-ring (bicyclic) bond motifs is 1. The van der Waals surface area contributed by atoms with E-state index in [2.05, 4.69) is 35.5 Å². The van der Waals surface area contributed by atoms with Crippen molar-refractivity contribution in [3.8, 4) is 5.88 Å². The number of imidazole rings is 1. The highest BCUT2D eigenvalue weighted by Gasteiger charge is 2.39. The summed E-state index contributed by atoms with van der Waals surface area (Å²) >= 11 is 0. The van der Waals surface area contributed by atoms with Crippen molar-refractivity contribution in [2.75, 3.05) is 36.5 Å². The van der Waals surface area contributed by atoms with E-state index in [0.717, 1.165) is 49.5 Å². The number of aryl methyl sites for hydroxylation is 2. The van der Waals surface area contributed by atoms with Crippen LogP contribution in [0.5, 0.6) is 5.88 Å². The molecule has 2 N–H and O–H groups in total. The van der Waals surface area contributed by atoms with Gasteiger partial charge in [-0.2, -0.15) is 4.98 Å². The molecule has 5 heterocycles. The van der Waals surface area contributed by atoms with Gasteiger partial charge in [-0.1, -0.05) is 0 Å². The number of aromatic nitrogens is 5. The van der Waals surface area contributed by atoms with Crippen molar-refractivity contribution >= 4 is 23.3 Å². The van der Waals surface area contributed by atoms with Crippen molar-refractivity contribution in [2.45, 2.75) is 45.6 Å². The van der Waals surface area contributed by atoms with E-state index in [1.165, 1.54) is 6.42 Å². The summed E-state index contributed by atoms with van der Waals surface area (Å²) in [7, 11) is 0. The highest BCUT2D eigenvalue weighted by atomic mass is 16.5. The predicted molar refractivity (Wildman–Crippen MR) is 120 cm³/mol. The first kappa shape index (κ1) is 20.6. The second-order valence-corrected chi connectivity index (χ2v) is 8.54. The lowest BCUT2D eigenvalue weighted by Gasteiger charge is -2.48. The van der Waals surface area contributed by atoms with Crippen LogP contribution in [0.2, 0.25) is 0 Å². The minimum atomic E-state index is -0.362. The van der Waals surface area contributed by atoms with Gasteiger partial charge in [0.25, 0.3) is 5.91 Å². The Morgan fingerprint density at radius 2 is 1.97 bits per heavy atom. The van der Waals surface area contributed by atoms with Gasteiger partial charge in [-0.25, -0.2) is 15.0 Å². The van der Waals surface area contributed by atoms with Crippen molar-refractivity contribution < 1.29 is 9.53 Å². The van der Waals surface area contributed by atoms with E-state index < -0.39 is 0 Å². The largest absolute Gasteiger partial charge is 0.477 e. The van der Waals surface area contributed by atoms with E-state index >= 15 is 0 Å². The molecule has 0 radical (unpaired) electrons. The molecule has 0 aromatic carbocycles. The molecule has 2 saturated heterocycles. The van der Waals surface area contributed by atoms with Crippen molar-refractivity contribution in [1.82, 2.24) is 29.7 Å². The molecule has 0 saturated carbocycles. The third-order valence-electron chi connectivity index (χ3n) is 6.34. The molecule has 0 atom stereocenters. The number of ether oxygens (including phenoxy) is 1. The first-order chi connectivity index (χ1) is 15.5. The lowest BCUT2D eigenvalue weighted by Crippen LogP contribution is -2.62. The van der Waals surface area contributed by atoms with Gasteiger partial charge in [0.15, 0.2) is 5.65 Å². The average molecular weight is 437 g/mol. The lowest BCUT2D eigenvalue weighted by molar-refractivity contribution is 0.102. The van der Waals surface area contributed by atoms with Crippen LogP contribution in [0.25, 0.3) is 5.65 Å². The molecule has 5 rings (SSSR count). The summed E-state index contributed by atoms with van der Waals surface area (Å²) in [6.45, 7) is 8.94. The smallest absolute Gasteiger partial charge is 0.263 e. The number of rotatable bonds is 5. The normalized spacial score (nSPS) is 17.4. The maximum Gasteiger partial charge on any atom is 0.263 e. The van der Waals surface area contributed by atoms with E-state index in [-0.39, 0.29) is 17.4 Å². The molecule has 32 heavy (non-hydrogen) atoms. The topological polar surface area (TPSA) is 110 Å². The number of nitrogens with zero attached hydrogens (tertiary/aromatic N) is 6. The maximum atomic E-state index is 13.0. The predicted octanol–water partition coefficient (Wildman–Crippen LogP) is 2.12. The number of hydrogen-bond acceptors (Lipinski definition) is 8. The summed E-state index contributed by atoms with van der Waals surface area (Å²) in [6, 6.07) is 0. The summed E-state index contributed by atoms with van der Waals surface area (Å²) in [5.41, 5.74) is 2.97. The molecule has 2 aliphatic heterocycles. The zero-order valence-electron chi connectivity index (χ0n) is 18.7. The van der Waals surface area contributed by atoms with Crippen LogP contribution in [0.4, 0.5) is 11.8 Å². The zero-order chi connectivity index (χ0) is 22.3. The van der Waals surface area contributed by atoms with Gasteiger partial charge in [0.1, 0.15) is 11.4 Å². The summed E-state index contributed by atoms with van der Waals surface area (Å²) in [5, 5.41) is 6.42. The highest BCUT2D eigenvalue weighted by Crippen LogP contribution is 2.32. The lowest BCUT2D eigenvalue weighted by atomic mass is 9.79. The number of piperidine rings is 1. The van der Waals surface area contributed by atoms with Gasteiger partial charge >= 0.3 is 0 Å². The second kappa shape index (κ2) is 8.01. The molecular weight excluding hydrogens is 408 g/mol. The molecule has 10 nitrogen and oxygen atoms in total. The fourth-order valence-electron chi connectivity index (χ4n) is 4.47. The van der Waals surface area contributed by atoms with E-state index in [9.17, 15) is 4.79 Å². The zero-order valence-corrected chi connectivity index (χ0v) is 18.7. The third kappa shape index (κ3) is 3.75. The molecule has 10 heteroatoms. The number of nitrogens with one attached hydrogen (secondary N) is 2. The van der Waals surface area contributed by atoms with Gasteiger partial charge < -0.3 is 24.7 Å². The van der Waals surface area contributed by atoms with Crippen LogP contribution in [0.15, 0.2) is 18.6 Å². The molecule has 0 unspecified atom stereocenters. The molecule has 0 aliphatic carbocycles. The van der Waals surface area contributed by atoms with Crippen LogP contribution < -0.4 is 20.3 Å². The second-order valence-electron chi connectivity index (χ2n) is 8.54. The fourth-order valence-corrected chi connectivity index (χ4v) is 4.47. The highest BCUT2D eigenvalue weighted by molar-refractivity contribution is 6.05. The van der Waals surface area contributed by atoms with Crippen LogP contribution in [0, 0.1) is 13.8 Å². The molecule has 1 amide bonds. The van der Waals surface area contributed by atoms with Gasteiger partial charge in [-0.15, -0.1) is 0 Å². The van der Waals surface area contributed by atoms with Gasteiger partial charge in [-0.05, 0) is 46.6 Å². The van der Waals surface area contributed by atoms with Crippen molar-refractivity contribution in [3.05, 3.63) is 35.5 Å². The first-order valence-electron chi connectivity index (χ1n) is 11.1. The Kier molecular flexibility index (Phi) is 5.16. The molecular formula is C22H28N8O2. The first-order valence-corrected chi connectivity index (χ1v) is 11.1. The fraction of sp³-hybridized carbons (Fsp3) is 0.500. The summed E-state index contributed by atoms with van der Waals surface area (Å²) < 4.78 is 7.57. The van der Waals surface area contributed by atoms with Crippen LogP contribution in [0.3, 0.4) is 0 Å². The number of anilines is 2. The minimum Gasteiger partial charge on any atom is -0.477 e. The quantitative estimate of drug-likeness (QED) is 0.626. The maximum absolute atomic E-state index is 13.0. The summed E-state index contributed by atoms with van der Waals surface area (Å²) in [6.07, 6.45) is 8.57. The Morgan fingerprint density at radius 3 is 2.66 bits per heavy atom. The Bertz CT molecular complexity index is 1160. The number of carbonyl (C=O) groups is 1. The van der Waals surface area contributed by atoms with E-state index in [0.29, 0.717) is 23.9 Å².